The van der Waals surface area contributed by atoms with Gasteiger partial charge < -0.3 is 4.74 Å². The normalized spacial score (nSPS) is 16.3. The summed E-state index contributed by atoms with van der Waals surface area (Å²) in [5, 5.41) is 44.7. The Morgan fingerprint density at radius 1 is 0.432 bits per heavy atom. The second-order valence-corrected chi connectivity index (χ2v) is 32.3. The Kier molecular flexibility index (Phi) is 24.1. The summed E-state index contributed by atoms with van der Waals surface area (Å²) in [7, 11) is 0. The number of unbranched alkanes of at least 4 members (excludes halogenated alkanes) is 3. The fourth-order valence-electron chi connectivity index (χ4n) is 17.3. The third kappa shape index (κ3) is 17.1. The van der Waals surface area contributed by atoms with Gasteiger partial charge in [-0.1, -0.05) is 194 Å². The molecule has 602 valence electrons. The number of ether oxygens (including phenoxy) is 1. The molecule has 3 spiro atoms. The number of hydrogen-bond acceptors (Lipinski definition) is 17. The summed E-state index contributed by atoms with van der Waals surface area (Å²) < 4.78 is 29.7. The zero-order valence-corrected chi connectivity index (χ0v) is 67.8. The second-order valence-electron chi connectivity index (χ2n) is 31.6. The first-order valence-corrected chi connectivity index (χ1v) is 42.4. The Balaban J connectivity index is 0.000000133. The van der Waals surface area contributed by atoms with Gasteiger partial charge in [0.2, 0.25) is 11.6 Å². The monoisotopic (exact) mass is 1600 g/mol. The topological polar surface area (TPSA) is 271 Å². The molecule has 3 aliphatic carbocycles. The van der Waals surface area contributed by atoms with Gasteiger partial charge in [0.1, 0.15) is 45.6 Å². The van der Waals surface area contributed by atoms with E-state index in [4.69, 9.17) is 20.0 Å². The molecule has 0 atom stereocenters. The van der Waals surface area contributed by atoms with Crippen LogP contribution in [0, 0.1) is 6.92 Å². The molecule has 118 heavy (non-hydrogen) atoms. The number of rotatable bonds is 26. The fraction of sp³-hybridized carbons (Fsp3) is 0.344. The molecule has 3 amide bonds. The summed E-state index contributed by atoms with van der Waals surface area (Å²) >= 11 is 1.69. The van der Waals surface area contributed by atoms with Crippen LogP contribution in [0.2, 0.25) is 0 Å². The number of H-pyrrole nitrogens is 3. The van der Waals surface area contributed by atoms with E-state index in [9.17, 15) is 23.2 Å². The summed E-state index contributed by atoms with van der Waals surface area (Å²) in [6.07, 6.45) is 22.3. The van der Waals surface area contributed by atoms with Gasteiger partial charge in [-0.15, -0.1) is 20.4 Å². The summed E-state index contributed by atoms with van der Waals surface area (Å²) in [5.74, 6) is 4.54. The van der Waals surface area contributed by atoms with Gasteiger partial charge in [0.15, 0.2) is 0 Å². The van der Waals surface area contributed by atoms with E-state index >= 15 is 0 Å². The lowest BCUT2D eigenvalue weighted by Gasteiger charge is -2.23. The number of amidine groups is 3. The molecule has 3 N–H and O–H groups in total. The number of pyridine rings is 1. The number of aliphatic imine (C=N–C) groups is 3. The predicted molar refractivity (Wildman–Crippen MR) is 457 cm³/mol. The first kappa shape index (κ1) is 79.6. The molecule has 7 aromatic carbocycles. The largest absolute Gasteiger partial charge is 0.435 e. The summed E-state index contributed by atoms with van der Waals surface area (Å²) in [5.41, 5.74) is 18.3. The van der Waals surface area contributed by atoms with Gasteiger partial charge in [0.25, 0.3) is 17.7 Å². The van der Waals surface area contributed by atoms with Crippen LogP contribution in [-0.2, 0) is 34.0 Å². The maximum atomic E-state index is 13.6. The van der Waals surface area contributed by atoms with Crippen molar-refractivity contribution in [1.29, 1.82) is 0 Å². The van der Waals surface area contributed by atoms with Crippen LogP contribution >= 0.6 is 11.3 Å². The van der Waals surface area contributed by atoms with E-state index in [0.717, 1.165) is 258 Å². The molecule has 3 fully saturated rings. The van der Waals surface area contributed by atoms with Crippen molar-refractivity contribution in [2.45, 2.75) is 205 Å². The molecule has 0 radical (unpaired) electrons. The summed E-state index contributed by atoms with van der Waals surface area (Å²) in [6, 6.07) is 58.5. The van der Waals surface area contributed by atoms with Gasteiger partial charge in [0, 0.05) is 47.2 Å². The van der Waals surface area contributed by atoms with Crippen LogP contribution < -0.4 is 4.74 Å². The number of benzene rings is 7. The van der Waals surface area contributed by atoms with Gasteiger partial charge in [-0.25, -0.2) is 0 Å². The van der Waals surface area contributed by atoms with Crippen molar-refractivity contribution in [1.82, 2.24) is 76.3 Å². The Hall–Kier alpha value is -12.3. The maximum Gasteiger partial charge on any atom is 0.387 e. The highest BCUT2D eigenvalue weighted by Crippen LogP contribution is 2.46. The number of hydrogen-bond donors (Lipinski definition) is 3. The summed E-state index contributed by atoms with van der Waals surface area (Å²) in [4.78, 5) is 66.2. The molecular weight excluding hydrogens is 1500 g/mol. The number of carbonyl (C=O) groups excluding carboxylic acids is 3. The van der Waals surface area contributed by atoms with Crippen molar-refractivity contribution in [3.8, 4) is 107 Å². The molecule has 0 unspecified atom stereocenters. The average Bonchev–Trinajstić information content (AvgIpc) is 1.69. The number of tetrazole rings is 2. The number of aromatic nitrogens is 12. The van der Waals surface area contributed by atoms with Gasteiger partial charge in [0.05, 0.1) is 31.5 Å². The molecular formula is C93H96F2N18O4S. The van der Waals surface area contributed by atoms with Crippen molar-refractivity contribution >= 4 is 46.6 Å². The van der Waals surface area contributed by atoms with E-state index in [1.54, 1.807) is 29.7 Å². The van der Waals surface area contributed by atoms with Crippen LogP contribution in [0.15, 0.2) is 208 Å². The number of aromatic amines is 3. The standard InChI is InChI=1S/C32H32F2N6O2.C32H34N6O.C29H30N6OS/c1-2-3-6-28-35-32(17-4-5-18-32)30(41)40(28)20-21-7-9-23(10-8-21)27-19-24(13-16-26(27)29-36-38-39-37-29)22-11-14-25(15-12-22)42-31(33)34;1-3-4-10-30-35-32(17-5-6-18-32)31(39)38(30)21-23-11-13-24(14-12-23)27-19-25(28-9-7-8-22(2)34-28)15-16-26(27)29-20-33-37-36-29;1-2-3-6-26-30-29(14-4-5-15-29)28(36)35(26)18-20-7-9-21(10-8-20)25-17-22(23-13-16-37-19-23)11-12-24(25)27-31-33-34-32-27/h7-16,19,31H,2-6,17-18,20H2,1H3,(H,36,37,38,39);7-9,11-16,19-20H,3-6,10,17-18,21H2,1-2H3,(H,33,36,37);7-13,16-17,19H,2-6,14-15,18H2,1H3,(H,31,32,33,34). The van der Waals surface area contributed by atoms with Crippen molar-refractivity contribution in [2.75, 3.05) is 0 Å². The minimum Gasteiger partial charge on any atom is -0.435 e. The minimum atomic E-state index is -2.87. The van der Waals surface area contributed by atoms with E-state index in [1.807, 2.05) is 82.3 Å². The first-order valence-electron chi connectivity index (χ1n) is 41.5. The van der Waals surface area contributed by atoms with Crippen LogP contribution in [0.5, 0.6) is 5.75 Å². The highest BCUT2D eigenvalue weighted by Gasteiger charge is 2.52. The lowest BCUT2D eigenvalue weighted by molar-refractivity contribution is -0.132. The van der Waals surface area contributed by atoms with Crippen LogP contribution in [0.1, 0.15) is 178 Å². The Morgan fingerprint density at radius 2 is 0.839 bits per heavy atom. The van der Waals surface area contributed by atoms with Crippen LogP contribution in [0.25, 0.3) is 101 Å². The Morgan fingerprint density at radius 3 is 1.23 bits per heavy atom. The zero-order valence-electron chi connectivity index (χ0n) is 67.0. The first-order chi connectivity index (χ1) is 57.7. The van der Waals surface area contributed by atoms with Crippen molar-refractivity contribution < 1.29 is 27.9 Å². The van der Waals surface area contributed by atoms with Crippen LogP contribution in [-0.4, -0.2) is 135 Å². The second kappa shape index (κ2) is 35.7. The van der Waals surface area contributed by atoms with E-state index in [0.29, 0.717) is 31.3 Å². The van der Waals surface area contributed by atoms with Crippen molar-refractivity contribution in [2.24, 2.45) is 15.0 Å². The van der Waals surface area contributed by atoms with Crippen molar-refractivity contribution in [3.63, 3.8) is 0 Å². The lowest BCUT2D eigenvalue weighted by atomic mass is 9.93. The predicted octanol–water partition coefficient (Wildman–Crippen LogP) is 20.3. The molecule has 3 aliphatic heterocycles. The number of aryl methyl sites for hydroxylation is 1. The fourth-order valence-corrected chi connectivity index (χ4v) is 18.0. The number of carbonyl (C=O) groups is 3. The molecule has 0 saturated heterocycles. The number of halogens is 2. The number of nitrogens with zero attached hydrogens (tertiary/aromatic N) is 15. The third-order valence-electron chi connectivity index (χ3n) is 23.6. The molecule has 5 aromatic heterocycles. The van der Waals surface area contributed by atoms with Gasteiger partial charge in [-0.3, -0.25) is 49.0 Å². The SMILES string of the molecule is CCCCC1=NC2(CCCC2)C(=O)N1Cc1ccc(-c2cc(-c3ccc(OC(F)F)cc3)ccc2-c2nn[nH]n2)cc1.CCCCC1=NC2(CCCC2)C(=O)N1Cc1ccc(-c2cc(-c3cccc(C)n3)ccc2-c2cn[nH]n2)cc1.CCCCC1=NC2(CCCC2)C(=O)N1Cc1ccc(-c2cc(-c3ccsc3)ccc2-c2nn[nH]n2)cc1. The number of nitrogens with one attached hydrogen (secondary N) is 3. The van der Waals surface area contributed by atoms with Crippen LogP contribution in [0.3, 0.4) is 0 Å². The lowest BCUT2D eigenvalue weighted by Crippen LogP contribution is -2.40. The molecule has 25 heteroatoms. The van der Waals surface area contributed by atoms with Crippen molar-refractivity contribution in [3.05, 3.63) is 215 Å². The molecule has 0 bridgehead atoms. The van der Waals surface area contributed by atoms with E-state index in [-0.39, 0.29) is 23.5 Å². The highest BCUT2D eigenvalue weighted by molar-refractivity contribution is 7.08. The number of thiophene rings is 1. The molecule has 22 nitrogen and oxygen atoms in total. The average molecular weight is 1600 g/mol. The highest BCUT2D eigenvalue weighted by atomic mass is 32.1. The van der Waals surface area contributed by atoms with Gasteiger partial charge >= 0.3 is 6.61 Å². The quantitative estimate of drug-likeness (QED) is 0.0456. The third-order valence-corrected chi connectivity index (χ3v) is 24.3. The number of amides is 3. The minimum absolute atomic E-state index is 0.103. The summed E-state index contributed by atoms with van der Waals surface area (Å²) in [6.45, 7) is 7.27. The van der Waals surface area contributed by atoms with Gasteiger partial charge in [-0.2, -0.15) is 46.0 Å². The molecule has 8 heterocycles. The van der Waals surface area contributed by atoms with Crippen LogP contribution in [0.4, 0.5) is 8.78 Å². The smallest absolute Gasteiger partial charge is 0.387 e. The Labute approximate surface area is 689 Å². The molecule has 6 aliphatic rings. The maximum absolute atomic E-state index is 13.6. The van der Waals surface area contributed by atoms with E-state index < -0.39 is 23.2 Å². The van der Waals surface area contributed by atoms with E-state index in [1.165, 1.54) is 17.7 Å². The Bertz CT molecular complexity index is 5560. The molecule has 18 rings (SSSR count). The zero-order chi connectivity index (χ0) is 81.2. The molecule has 3 saturated carbocycles. The molecule has 12 aromatic rings. The number of alkyl halides is 2. The van der Waals surface area contributed by atoms with Gasteiger partial charge in [-0.05, 0) is 219 Å². The van der Waals surface area contributed by atoms with E-state index in [2.05, 4.69) is 184 Å².